The molecule has 160 valence electrons. The second-order valence-corrected chi connectivity index (χ2v) is 8.42. The molecule has 7 heteroatoms. The molecule has 0 unspecified atom stereocenters. The molecule has 0 radical (unpaired) electrons. The summed E-state index contributed by atoms with van der Waals surface area (Å²) in [5.41, 5.74) is 3.77. The van der Waals surface area contributed by atoms with Gasteiger partial charge in [-0.15, -0.1) is 0 Å². The van der Waals surface area contributed by atoms with Crippen LogP contribution in [0.3, 0.4) is 0 Å². The highest BCUT2D eigenvalue weighted by molar-refractivity contribution is 7.80. The fourth-order valence-electron chi connectivity index (χ4n) is 3.67. The van der Waals surface area contributed by atoms with Crippen LogP contribution >= 0.6 is 23.8 Å². The number of nitrogens with zero attached hydrogens (tertiary/aromatic N) is 1. The third-order valence-corrected chi connectivity index (χ3v) is 5.97. The lowest BCUT2D eigenvalue weighted by Gasteiger charge is -2.30. The first-order chi connectivity index (χ1) is 15.0. The third kappa shape index (κ3) is 5.09. The summed E-state index contributed by atoms with van der Waals surface area (Å²) < 4.78 is 5.73. The van der Waals surface area contributed by atoms with Gasteiger partial charge in [0.05, 0.1) is 11.4 Å². The molecule has 1 saturated heterocycles. The van der Waals surface area contributed by atoms with Crippen molar-refractivity contribution >= 4 is 46.2 Å². The summed E-state index contributed by atoms with van der Waals surface area (Å²) in [7, 11) is 0. The number of carbonyl (C=O) groups is 1. The van der Waals surface area contributed by atoms with E-state index < -0.39 is 5.91 Å². The van der Waals surface area contributed by atoms with E-state index in [1.165, 1.54) is 19.3 Å². The lowest BCUT2D eigenvalue weighted by atomic mass is 10.1. The molecule has 0 atom stereocenters. The maximum absolute atomic E-state index is 12.6. The SMILES string of the molecule is Cc1ccc(-c2ccc(C(=O)NC(=S)Nc3ccccc3N3CCCCC3)o2)cc1Cl. The van der Waals surface area contributed by atoms with Gasteiger partial charge in [0.15, 0.2) is 10.9 Å². The molecule has 1 fully saturated rings. The Hall–Kier alpha value is -2.83. The maximum Gasteiger partial charge on any atom is 0.293 e. The summed E-state index contributed by atoms with van der Waals surface area (Å²) in [5.74, 6) is 0.346. The molecule has 4 rings (SSSR count). The molecule has 0 spiro atoms. The molecule has 3 aromatic rings. The average molecular weight is 454 g/mol. The minimum atomic E-state index is -0.405. The normalized spacial score (nSPS) is 13.7. The topological polar surface area (TPSA) is 57.5 Å². The van der Waals surface area contributed by atoms with E-state index in [-0.39, 0.29) is 10.9 Å². The number of piperidine rings is 1. The summed E-state index contributed by atoms with van der Waals surface area (Å²) >= 11 is 11.6. The number of halogens is 1. The van der Waals surface area contributed by atoms with Crippen LogP contribution in [0.2, 0.25) is 5.02 Å². The van der Waals surface area contributed by atoms with E-state index in [0.29, 0.717) is 10.8 Å². The van der Waals surface area contributed by atoms with Crippen molar-refractivity contribution in [2.75, 3.05) is 23.3 Å². The number of hydrogen-bond acceptors (Lipinski definition) is 4. The minimum absolute atomic E-state index is 0.181. The predicted octanol–water partition coefficient (Wildman–Crippen LogP) is 6.03. The van der Waals surface area contributed by atoms with Crippen LogP contribution in [0.25, 0.3) is 11.3 Å². The van der Waals surface area contributed by atoms with Crippen LogP contribution in [0.5, 0.6) is 0 Å². The Labute approximate surface area is 192 Å². The van der Waals surface area contributed by atoms with Gasteiger partial charge in [-0.2, -0.15) is 0 Å². The molecule has 1 amide bonds. The van der Waals surface area contributed by atoms with Gasteiger partial charge in [-0.05, 0) is 74.3 Å². The van der Waals surface area contributed by atoms with Gasteiger partial charge in [0, 0.05) is 23.7 Å². The van der Waals surface area contributed by atoms with Gasteiger partial charge < -0.3 is 14.6 Å². The minimum Gasteiger partial charge on any atom is -0.451 e. The second-order valence-electron chi connectivity index (χ2n) is 7.60. The number of furan rings is 1. The number of para-hydroxylation sites is 2. The number of rotatable bonds is 4. The van der Waals surface area contributed by atoms with Crippen molar-refractivity contribution in [1.82, 2.24) is 5.32 Å². The smallest absolute Gasteiger partial charge is 0.293 e. The van der Waals surface area contributed by atoms with Crippen LogP contribution < -0.4 is 15.5 Å². The monoisotopic (exact) mass is 453 g/mol. The number of amides is 1. The van der Waals surface area contributed by atoms with E-state index in [4.69, 9.17) is 28.2 Å². The largest absolute Gasteiger partial charge is 0.451 e. The van der Waals surface area contributed by atoms with Gasteiger partial charge >= 0.3 is 0 Å². The molecule has 0 aliphatic carbocycles. The lowest BCUT2D eigenvalue weighted by molar-refractivity contribution is 0.0951. The number of benzene rings is 2. The lowest BCUT2D eigenvalue weighted by Crippen LogP contribution is -2.35. The standard InChI is InChI=1S/C24H24ClN3O2S/c1-16-9-10-17(15-18(16)25)21-11-12-22(30-21)23(29)27-24(31)26-19-7-3-4-8-20(19)28-13-5-2-6-14-28/h3-4,7-12,15H,2,5-6,13-14H2,1H3,(H2,26,27,29,31). The van der Waals surface area contributed by atoms with Gasteiger partial charge in [0.1, 0.15) is 5.76 Å². The Morgan fingerprint density at radius 1 is 1.06 bits per heavy atom. The Morgan fingerprint density at radius 2 is 1.84 bits per heavy atom. The van der Waals surface area contributed by atoms with Crippen LogP contribution in [0.4, 0.5) is 11.4 Å². The number of hydrogen-bond donors (Lipinski definition) is 2. The van der Waals surface area contributed by atoms with Crippen molar-refractivity contribution in [3.63, 3.8) is 0 Å². The zero-order valence-corrected chi connectivity index (χ0v) is 18.9. The van der Waals surface area contributed by atoms with E-state index in [1.54, 1.807) is 12.1 Å². The molecule has 1 aliphatic heterocycles. The van der Waals surface area contributed by atoms with Gasteiger partial charge in [0.25, 0.3) is 5.91 Å². The van der Waals surface area contributed by atoms with Gasteiger partial charge in [0.2, 0.25) is 0 Å². The number of thiocarbonyl (C=S) groups is 1. The van der Waals surface area contributed by atoms with Crippen molar-refractivity contribution in [2.45, 2.75) is 26.2 Å². The average Bonchev–Trinajstić information content (AvgIpc) is 3.27. The number of carbonyl (C=O) groups excluding carboxylic acids is 1. The van der Waals surface area contributed by atoms with Crippen LogP contribution in [0.1, 0.15) is 35.4 Å². The molecule has 31 heavy (non-hydrogen) atoms. The summed E-state index contributed by atoms with van der Waals surface area (Å²) in [5, 5.41) is 6.74. The van der Waals surface area contributed by atoms with Crippen LogP contribution in [-0.2, 0) is 0 Å². The first-order valence-electron chi connectivity index (χ1n) is 10.3. The van der Waals surface area contributed by atoms with E-state index in [0.717, 1.165) is 35.6 Å². The fourth-order valence-corrected chi connectivity index (χ4v) is 4.05. The molecule has 0 saturated carbocycles. The van der Waals surface area contributed by atoms with Crippen molar-refractivity contribution in [2.24, 2.45) is 0 Å². The zero-order valence-electron chi connectivity index (χ0n) is 17.3. The van der Waals surface area contributed by atoms with Gasteiger partial charge in [-0.3, -0.25) is 10.1 Å². The number of anilines is 2. The summed E-state index contributed by atoms with van der Waals surface area (Å²) in [6.45, 7) is 3.98. The van der Waals surface area contributed by atoms with Crippen molar-refractivity contribution in [3.8, 4) is 11.3 Å². The zero-order chi connectivity index (χ0) is 21.8. The summed E-state index contributed by atoms with van der Waals surface area (Å²) in [6.07, 6.45) is 3.63. The summed E-state index contributed by atoms with van der Waals surface area (Å²) in [6, 6.07) is 17.0. The highest BCUT2D eigenvalue weighted by Gasteiger charge is 2.17. The highest BCUT2D eigenvalue weighted by atomic mass is 35.5. The van der Waals surface area contributed by atoms with E-state index >= 15 is 0 Å². The quantitative estimate of drug-likeness (QED) is 0.472. The van der Waals surface area contributed by atoms with Crippen LogP contribution in [-0.4, -0.2) is 24.1 Å². The third-order valence-electron chi connectivity index (χ3n) is 5.36. The first-order valence-corrected chi connectivity index (χ1v) is 11.1. The molecule has 0 bridgehead atoms. The van der Waals surface area contributed by atoms with Crippen molar-refractivity contribution in [1.29, 1.82) is 0 Å². The molecule has 5 nitrogen and oxygen atoms in total. The molecule has 2 aromatic carbocycles. The fraction of sp³-hybridized carbons (Fsp3) is 0.250. The first kappa shape index (κ1) is 21.4. The Kier molecular flexibility index (Phi) is 6.59. The van der Waals surface area contributed by atoms with Gasteiger partial charge in [-0.1, -0.05) is 35.9 Å². The molecule has 2 N–H and O–H groups in total. The predicted molar refractivity (Wildman–Crippen MR) is 130 cm³/mol. The molecular weight excluding hydrogens is 430 g/mol. The molecule has 1 aliphatic rings. The highest BCUT2D eigenvalue weighted by Crippen LogP contribution is 2.29. The molecule has 2 heterocycles. The molecular formula is C24H24ClN3O2S. The van der Waals surface area contributed by atoms with E-state index in [9.17, 15) is 4.79 Å². The number of nitrogens with one attached hydrogen (secondary N) is 2. The second kappa shape index (κ2) is 9.54. The Balaban J connectivity index is 1.42. The van der Waals surface area contributed by atoms with E-state index in [1.807, 2.05) is 43.3 Å². The number of aryl methyl sites for hydroxylation is 1. The maximum atomic E-state index is 12.6. The Bertz CT molecular complexity index is 1110. The summed E-state index contributed by atoms with van der Waals surface area (Å²) in [4.78, 5) is 15.0. The Morgan fingerprint density at radius 3 is 2.61 bits per heavy atom. The van der Waals surface area contributed by atoms with Gasteiger partial charge in [-0.25, -0.2) is 0 Å². The van der Waals surface area contributed by atoms with Crippen molar-refractivity contribution in [3.05, 3.63) is 70.9 Å². The van der Waals surface area contributed by atoms with Crippen LogP contribution in [0, 0.1) is 6.92 Å². The van der Waals surface area contributed by atoms with E-state index in [2.05, 4.69) is 21.6 Å². The van der Waals surface area contributed by atoms with Crippen molar-refractivity contribution < 1.29 is 9.21 Å². The van der Waals surface area contributed by atoms with Crippen LogP contribution in [0.15, 0.2) is 59.0 Å². The molecule has 1 aromatic heterocycles.